The standard InChI is InChI=1S/C6H7NO4/c1-4-5(2-9-3-8)11-6(7)10-4/h3,7H,2H2,1H3. The van der Waals surface area contributed by atoms with Crippen molar-refractivity contribution in [3.8, 4) is 0 Å². The van der Waals surface area contributed by atoms with E-state index in [4.69, 9.17) is 14.2 Å². The molecule has 1 N–H and O–H groups in total. The van der Waals surface area contributed by atoms with Gasteiger partial charge in [0.2, 0.25) is 0 Å². The minimum Gasteiger partial charge on any atom is -0.460 e. The summed E-state index contributed by atoms with van der Waals surface area (Å²) < 4.78 is 13.8. The van der Waals surface area contributed by atoms with Crippen molar-refractivity contribution in [1.82, 2.24) is 0 Å². The van der Waals surface area contributed by atoms with E-state index in [1.165, 1.54) is 0 Å². The van der Waals surface area contributed by atoms with Gasteiger partial charge >= 0.3 is 5.75 Å². The zero-order valence-corrected chi connectivity index (χ0v) is 5.92. The van der Waals surface area contributed by atoms with E-state index in [1.54, 1.807) is 6.92 Å². The quantitative estimate of drug-likeness (QED) is 0.641. The topological polar surface area (TPSA) is 76.4 Å². The second kappa shape index (κ2) is 3.05. The summed E-state index contributed by atoms with van der Waals surface area (Å²) in [5, 5.41) is 6.91. The molecule has 0 amide bonds. The molecule has 1 aromatic heterocycles. The summed E-state index contributed by atoms with van der Waals surface area (Å²) in [7, 11) is 0. The van der Waals surface area contributed by atoms with Crippen LogP contribution in [0.3, 0.4) is 0 Å². The lowest BCUT2D eigenvalue weighted by molar-refractivity contribution is -0.130. The molecule has 0 aliphatic rings. The number of carbonyl (C=O) groups is 1. The predicted octanol–water partition coefficient (Wildman–Crippen LogP) is 0.333. The van der Waals surface area contributed by atoms with E-state index >= 15 is 0 Å². The van der Waals surface area contributed by atoms with Crippen LogP contribution in [0.1, 0.15) is 11.5 Å². The number of rotatable bonds is 3. The molecule has 60 valence electrons. The summed E-state index contributed by atoms with van der Waals surface area (Å²) in [5.41, 5.74) is 0. The van der Waals surface area contributed by atoms with Gasteiger partial charge in [0.1, 0.15) is 5.76 Å². The predicted molar refractivity (Wildman–Crippen MR) is 32.4 cm³/mol. The van der Waals surface area contributed by atoms with E-state index in [9.17, 15) is 4.79 Å². The molecule has 1 aromatic rings. The number of carbonyl (C=O) groups excluding carboxylic acids is 1. The molecule has 0 aliphatic carbocycles. The van der Waals surface area contributed by atoms with E-state index in [1.807, 2.05) is 0 Å². The first-order chi connectivity index (χ1) is 5.24. The minimum absolute atomic E-state index is 0.0116. The van der Waals surface area contributed by atoms with Gasteiger partial charge < -0.3 is 13.6 Å². The SMILES string of the molecule is Cc1oc(=N)oc1COC=O. The van der Waals surface area contributed by atoms with Gasteiger partial charge in [0.15, 0.2) is 12.4 Å². The van der Waals surface area contributed by atoms with Gasteiger partial charge in [-0.3, -0.25) is 4.79 Å². The largest absolute Gasteiger partial charge is 0.460 e. The van der Waals surface area contributed by atoms with Crippen LogP contribution in [0.5, 0.6) is 0 Å². The van der Waals surface area contributed by atoms with Crippen LogP contribution in [0.15, 0.2) is 8.83 Å². The van der Waals surface area contributed by atoms with E-state index in [0.717, 1.165) is 0 Å². The fourth-order valence-electron chi connectivity index (χ4n) is 0.641. The van der Waals surface area contributed by atoms with Crippen molar-refractivity contribution in [2.45, 2.75) is 13.5 Å². The third kappa shape index (κ3) is 1.70. The maximum absolute atomic E-state index is 9.75. The fraction of sp³-hybridized carbons (Fsp3) is 0.333. The van der Waals surface area contributed by atoms with Crippen molar-refractivity contribution >= 4 is 6.47 Å². The minimum atomic E-state index is -0.285. The average molecular weight is 157 g/mol. The highest BCUT2D eigenvalue weighted by Crippen LogP contribution is 2.04. The van der Waals surface area contributed by atoms with E-state index in [-0.39, 0.29) is 12.4 Å². The first-order valence-corrected chi connectivity index (χ1v) is 2.93. The lowest BCUT2D eigenvalue weighted by Gasteiger charge is -1.91. The zero-order chi connectivity index (χ0) is 8.27. The zero-order valence-electron chi connectivity index (χ0n) is 5.92. The Labute approximate surface area is 62.1 Å². The van der Waals surface area contributed by atoms with Gasteiger partial charge in [-0.2, -0.15) is 0 Å². The van der Waals surface area contributed by atoms with Gasteiger partial charge in [0.05, 0.1) is 0 Å². The molecular formula is C6H7NO4. The lowest BCUT2D eigenvalue weighted by atomic mass is 10.4. The molecular weight excluding hydrogens is 150 g/mol. The first kappa shape index (κ1) is 7.59. The summed E-state index contributed by atoms with van der Waals surface area (Å²) in [4.78, 5) is 9.75. The molecule has 0 aromatic carbocycles. The smallest absolute Gasteiger partial charge is 0.391 e. The monoisotopic (exact) mass is 157 g/mol. The van der Waals surface area contributed by atoms with Crippen LogP contribution in [0.4, 0.5) is 0 Å². The maximum atomic E-state index is 9.75. The van der Waals surface area contributed by atoms with Gasteiger partial charge in [-0.15, -0.1) is 0 Å². The Hall–Kier alpha value is -1.52. The molecule has 0 saturated carbocycles. The summed E-state index contributed by atoms with van der Waals surface area (Å²) >= 11 is 0. The molecule has 0 aliphatic heterocycles. The second-order valence-corrected chi connectivity index (χ2v) is 1.88. The second-order valence-electron chi connectivity index (χ2n) is 1.88. The average Bonchev–Trinajstić information content (AvgIpc) is 2.26. The van der Waals surface area contributed by atoms with Crippen molar-refractivity contribution in [3.05, 3.63) is 17.3 Å². The Morgan fingerprint density at radius 3 is 2.82 bits per heavy atom. The molecule has 0 atom stereocenters. The van der Waals surface area contributed by atoms with Crippen molar-refractivity contribution in [2.24, 2.45) is 0 Å². The molecule has 0 saturated heterocycles. The van der Waals surface area contributed by atoms with Gasteiger partial charge in [0, 0.05) is 0 Å². The molecule has 0 spiro atoms. The highest BCUT2D eigenvalue weighted by Gasteiger charge is 2.05. The molecule has 5 heteroatoms. The summed E-state index contributed by atoms with van der Waals surface area (Å²) in [6.07, 6.45) is 0. The Kier molecular flexibility index (Phi) is 2.10. The van der Waals surface area contributed by atoms with Crippen LogP contribution in [0, 0.1) is 12.3 Å². The summed E-state index contributed by atoms with van der Waals surface area (Å²) in [6.45, 7) is 1.95. The van der Waals surface area contributed by atoms with Crippen LogP contribution in [-0.2, 0) is 16.1 Å². The lowest BCUT2D eigenvalue weighted by Crippen LogP contribution is -1.91. The summed E-state index contributed by atoms with van der Waals surface area (Å²) in [6, 6.07) is 0. The van der Waals surface area contributed by atoms with Crippen molar-refractivity contribution in [2.75, 3.05) is 0 Å². The third-order valence-corrected chi connectivity index (χ3v) is 1.14. The molecule has 0 radical (unpaired) electrons. The Morgan fingerprint density at radius 2 is 2.36 bits per heavy atom. The van der Waals surface area contributed by atoms with Crippen LogP contribution in [0.2, 0.25) is 0 Å². The number of hydrogen-bond acceptors (Lipinski definition) is 5. The molecule has 11 heavy (non-hydrogen) atoms. The number of hydrogen-bond donors (Lipinski definition) is 1. The molecule has 0 unspecified atom stereocenters. The van der Waals surface area contributed by atoms with Gasteiger partial charge in [-0.1, -0.05) is 0 Å². The van der Waals surface area contributed by atoms with Gasteiger partial charge in [-0.25, -0.2) is 5.41 Å². The highest BCUT2D eigenvalue weighted by molar-refractivity contribution is 5.37. The van der Waals surface area contributed by atoms with Crippen LogP contribution >= 0.6 is 0 Å². The molecule has 1 heterocycles. The van der Waals surface area contributed by atoms with Gasteiger partial charge in [0.25, 0.3) is 6.47 Å². The van der Waals surface area contributed by atoms with Crippen molar-refractivity contribution in [3.63, 3.8) is 0 Å². The van der Waals surface area contributed by atoms with Crippen molar-refractivity contribution < 1.29 is 18.4 Å². The number of ether oxygens (including phenoxy) is 1. The Balaban J connectivity index is 2.77. The van der Waals surface area contributed by atoms with E-state index in [2.05, 4.69) is 4.74 Å². The highest BCUT2D eigenvalue weighted by atomic mass is 16.5. The van der Waals surface area contributed by atoms with Crippen molar-refractivity contribution in [1.29, 1.82) is 5.41 Å². The third-order valence-electron chi connectivity index (χ3n) is 1.14. The number of nitrogens with one attached hydrogen (secondary N) is 1. The molecule has 1 rings (SSSR count). The maximum Gasteiger partial charge on any atom is 0.391 e. The summed E-state index contributed by atoms with van der Waals surface area (Å²) in [5.74, 6) is 0.533. The van der Waals surface area contributed by atoms with Crippen LogP contribution < -0.4 is 5.75 Å². The Morgan fingerprint density at radius 1 is 1.64 bits per heavy atom. The fourth-order valence-corrected chi connectivity index (χ4v) is 0.641. The Bertz CT molecular complexity index is 298. The molecule has 0 fully saturated rings. The van der Waals surface area contributed by atoms with Crippen LogP contribution in [-0.4, -0.2) is 6.47 Å². The first-order valence-electron chi connectivity index (χ1n) is 2.93. The normalized spacial score (nSPS) is 9.55. The molecule has 0 bridgehead atoms. The van der Waals surface area contributed by atoms with Gasteiger partial charge in [-0.05, 0) is 6.92 Å². The van der Waals surface area contributed by atoms with E-state index in [0.29, 0.717) is 18.0 Å². The van der Waals surface area contributed by atoms with Crippen LogP contribution in [0.25, 0.3) is 0 Å². The number of aryl methyl sites for hydroxylation is 1. The van der Waals surface area contributed by atoms with E-state index < -0.39 is 0 Å². The molecule has 5 nitrogen and oxygen atoms in total.